The monoisotopic (exact) mass is 377 g/mol. The number of hydrogen-bond donors (Lipinski definition) is 1. The van der Waals surface area contributed by atoms with Crippen molar-refractivity contribution in [3.05, 3.63) is 81.3 Å². The third kappa shape index (κ3) is 4.78. The second kappa shape index (κ2) is 8.56. The van der Waals surface area contributed by atoms with E-state index in [0.29, 0.717) is 40.0 Å². The molecule has 0 saturated heterocycles. The summed E-state index contributed by atoms with van der Waals surface area (Å²) < 4.78 is 5.85. The Morgan fingerprint density at radius 2 is 2.11 bits per heavy atom. The predicted molar refractivity (Wildman–Crippen MR) is 106 cm³/mol. The first-order valence-corrected chi connectivity index (χ1v) is 9.56. The minimum atomic E-state index is -0.102. The van der Waals surface area contributed by atoms with Gasteiger partial charge in [0.05, 0.1) is 5.56 Å². The van der Waals surface area contributed by atoms with Crippen molar-refractivity contribution in [1.82, 2.24) is 9.97 Å². The number of nitrogens with zero attached hydrogens (tertiary/aromatic N) is 2. The summed E-state index contributed by atoms with van der Waals surface area (Å²) in [6, 6.07) is 15.4. The molecular formula is C21H19N3O2S. The summed E-state index contributed by atoms with van der Waals surface area (Å²) in [4.78, 5) is 18.9. The Morgan fingerprint density at radius 1 is 1.26 bits per heavy atom. The van der Waals surface area contributed by atoms with Crippen LogP contribution in [0.2, 0.25) is 0 Å². The van der Waals surface area contributed by atoms with E-state index in [4.69, 9.17) is 4.74 Å². The van der Waals surface area contributed by atoms with E-state index in [1.807, 2.05) is 44.2 Å². The van der Waals surface area contributed by atoms with Gasteiger partial charge in [0.1, 0.15) is 17.6 Å². The Bertz CT molecular complexity index is 1050. The van der Waals surface area contributed by atoms with Gasteiger partial charge in [-0.3, -0.25) is 4.79 Å². The van der Waals surface area contributed by atoms with Gasteiger partial charge >= 0.3 is 0 Å². The molecular weight excluding hydrogens is 358 g/mol. The van der Waals surface area contributed by atoms with Gasteiger partial charge in [-0.15, -0.1) is 0 Å². The van der Waals surface area contributed by atoms with Crippen molar-refractivity contribution < 1.29 is 4.74 Å². The molecule has 3 rings (SSSR count). The van der Waals surface area contributed by atoms with E-state index in [1.165, 1.54) is 11.8 Å². The topological polar surface area (TPSA) is 78.8 Å². The molecule has 3 aromatic rings. The first kappa shape index (κ1) is 18.7. The summed E-state index contributed by atoms with van der Waals surface area (Å²) >= 11 is 1.42. The molecule has 27 heavy (non-hydrogen) atoms. The first-order valence-electron chi connectivity index (χ1n) is 8.57. The van der Waals surface area contributed by atoms with Crippen molar-refractivity contribution in [3.8, 4) is 17.6 Å². The molecule has 0 aliphatic rings. The van der Waals surface area contributed by atoms with Crippen molar-refractivity contribution in [2.24, 2.45) is 0 Å². The molecule has 0 amide bonds. The molecule has 5 nitrogen and oxygen atoms in total. The molecule has 0 bridgehead atoms. The largest absolute Gasteiger partial charge is 0.456 e. The van der Waals surface area contributed by atoms with E-state index in [2.05, 4.69) is 16.0 Å². The van der Waals surface area contributed by atoms with E-state index in [-0.39, 0.29) is 5.56 Å². The van der Waals surface area contributed by atoms with Crippen LogP contribution in [0.25, 0.3) is 0 Å². The van der Waals surface area contributed by atoms with Gasteiger partial charge in [-0.1, -0.05) is 36.9 Å². The predicted octanol–water partition coefficient (Wildman–Crippen LogP) is 4.60. The molecule has 1 aromatic heterocycles. The number of aryl methyl sites for hydroxylation is 2. The Hall–Kier alpha value is -3.04. The van der Waals surface area contributed by atoms with Gasteiger partial charge in [0, 0.05) is 17.5 Å². The van der Waals surface area contributed by atoms with Crippen LogP contribution in [0.3, 0.4) is 0 Å². The molecule has 136 valence electrons. The molecule has 0 aliphatic carbocycles. The minimum absolute atomic E-state index is 0.102. The van der Waals surface area contributed by atoms with Gasteiger partial charge in [0.15, 0.2) is 5.16 Å². The first-order chi connectivity index (χ1) is 13.1. The number of hydrogen-bond acceptors (Lipinski definition) is 5. The number of nitriles is 1. The number of thioether (sulfide) groups is 1. The molecule has 0 unspecified atom stereocenters. The molecule has 0 atom stereocenters. The van der Waals surface area contributed by atoms with Crippen molar-refractivity contribution in [1.29, 1.82) is 5.26 Å². The fourth-order valence-corrected chi connectivity index (χ4v) is 3.31. The summed E-state index contributed by atoms with van der Waals surface area (Å²) in [5, 5.41) is 10.0. The highest BCUT2D eigenvalue weighted by atomic mass is 32.2. The van der Waals surface area contributed by atoms with Crippen LogP contribution in [0.1, 0.15) is 29.2 Å². The zero-order chi connectivity index (χ0) is 19.2. The number of aromatic nitrogens is 2. The van der Waals surface area contributed by atoms with Crippen LogP contribution in [-0.4, -0.2) is 9.97 Å². The number of aromatic amines is 1. The summed E-state index contributed by atoms with van der Waals surface area (Å²) in [6.07, 6.45) is 2.27. The second-order valence-electron chi connectivity index (χ2n) is 6.05. The molecule has 0 saturated carbocycles. The molecule has 0 radical (unpaired) electrons. The minimum Gasteiger partial charge on any atom is -0.456 e. The van der Waals surface area contributed by atoms with E-state index in [0.717, 1.165) is 11.1 Å². The lowest BCUT2D eigenvalue weighted by Crippen LogP contribution is -2.13. The standard InChI is InChI=1S/C21H19N3O2S/c1-3-16-12-23-21(24-20(16)25)27-13-15-7-8-19(17(10-15)11-22)26-18-6-4-5-14(2)9-18/h4-10,12H,3,13H2,1-2H3,(H,23,24,25). The Balaban J connectivity index is 1.73. The lowest BCUT2D eigenvalue weighted by atomic mass is 10.1. The van der Waals surface area contributed by atoms with Crippen LogP contribution in [0.15, 0.2) is 58.6 Å². The van der Waals surface area contributed by atoms with Crippen molar-refractivity contribution >= 4 is 11.8 Å². The number of benzene rings is 2. The van der Waals surface area contributed by atoms with Crippen molar-refractivity contribution in [2.75, 3.05) is 0 Å². The number of H-pyrrole nitrogens is 1. The summed E-state index contributed by atoms with van der Waals surface area (Å²) in [5.41, 5.74) is 3.08. The van der Waals surface area contributed by atoms with Crippen LogP contribution >= 0.6 is 11.8 Å². The molecule has 0 spiro atoms. The molecule has 0 fully saturated rings. The van der Waals surface area contributed by atoms with Gasteiger partial charge < -0.3 is 9.72 Å². The van der Waals surface area contributed by atoms with E-state index in [1.54, 1.807) is 18.3 Å². The molecule has 2 aromatic carbocycles. The lowest BCUT2D eigenvalue weighted by Gasteiger charge is -2.09. The maximum Gasteiger partial charge on any atom is 0.254 e. The zero-order valence-corrected chi connectivity index (χ0v) is 16.0. The van der Waals surface area contributed by atoms with E-state index < -0.39 is 0 Å². The third-order valence-electron chi connectivity index (χ3n) is 3.99. The molecule has 1 heterocycles. The van der Waals surface area contributed by atoms with Crippen LogP contribution in [-0.2, 0) is 12.2 Å². The van der Waals surface area contributed by atoms with Gasteiger partial charge in [-0.05, 0) is 48.7 Å². The van der Waals surface area contributed by atoms with E-state index >= 15 is 0 Å². The summed E-state index contributed by atoms with van der Waals surface area (Å²) in [5.74, 6) is 1.82. The quantitative estimate of drug-likeness (QED) is 0.502. The average molecular weight is 377 g/mol. The van der Waals surface area contributed by atoms with Gasteiger partial charge in [0.25, 0.3) is 5.56 Å². The van der Waals surface area contributed by atoms with Gasteiger partial charge in [-0.2, -0.15) is 5.26 Å². The smallest absolute Gasteiger partial charge is 0.254 e. The highest BCUT2D eigenvalue weighted by Crippen LogP contribution is 2.28. The SMILES string of the molecule is CCc1cnc(SCc2ccc(Oc3cccc(C)c3)c(C#N)c2)[nH]c1=O. The Labute approximate surface area is 162 Å². The van der Waals surface area contributed by atoms with Crippen LogP contribution in [0, 0.1) is 18.3 Å². The van der Waals surface area contributed by atoms with Crippen LogP contribution < -0.4 is 10.3 Å². The second-order valence-corrected chi connectivity index (χ2v) is 7.01. The molecule has 1 N–H and O–H groups in total. The normalized spacial score (nSPS) is 10.4. The maximum atomic E-state index is 11.9. The van der Waals surface area contributed by atoms with Crippen molar-refractivity contribution in [3.63, 3.8) is 0 Å². The molecule has 6 heteroatoms. The Morgan fingerprint density at radius 3 is 2.81 bits per heavy atom. The zero-order valence-electron chi connectivity index (χ0n) is 15.2. The number of ether oxygens (including phenoxy) is 1. The van der Waals surface area contributed by atoms with Crippen molar-refractivity contribution in [2.45, 2.75) is 31.2 Å². The van der Waals surface area contributed by atoms with Gasteiger partial charge in [0.2, 0.25) is 0 Å². The fourth-order valence-electron chi connectivity index (χ4n) is 2.53. The van der Waals surface area contributed by atoms with Crippen LogP contribution in [0.4, 0.5) is 0 Å². The summed E-state index contributed by atoms with van der Waals surface area (Å²) in [6.45, 7) is 3.91. The molecule has 0 aliphatic heterocycles. The number of rotatable bonds is 6. The van der Waals surface area contributed by atoms with Crippen LogP contribution in [0.5, 0.6) is 11.5 Å². The fraction of sp³-hybridized carbons (Fsp3) is 0.190. The maximum absolute atomic E-state index is 11.9. The lowest BCUT2D eigenvalue weighted by molar-refractivity contribution is 0.480. The van der Waals surface area contributed by atoms with E-state index in [9.17, 15) is 10.1 Å². The average Bonchev–Trinajstić information content (AvgIpc) is 2.67. The summed E-state index contributed by atoms with van der Waals surface area (Å²) in [7, 11) is 0. The van der Waals surface area contributed by atoms with Gasteiger partial charge in [-0.25, -0.2) is 4.98 Å². The highest BCUT2D eigenvalue weighted by molar-refractivity contribution is 7.98. The Kier molecular flexibility index (Phi) is 5.94. The number of nitrogens with one attached hydrogen (secondary N) is 1. The highest BCUT2D eigenvalue weighted by Gasteiger charge is 2.08. The third-order valence-corrected chi connectivity index (χ3v) is 4.95.